The third-order valence-corrected chi connectivity index (χ3v) is 4.09. The molecular weight excluding hydrogens is 334 g/mol. The Morgan fingerprint density at radius 2 is 2.00 bits per heavy atom. The van der Waals surface area contributed by atoms with Crippen LogP contribution in [-0.4, -0.2) is 18.0 Å². The maximum absolute atomic E-state index is 12.2. The minimum atomic E-state index is -0.300. The van der Waals surface area contributed by atoms with E-state index in [1.54, 1.807) is 30.3 Å². The quantitative estimate of drug-likeness (QED) is 0.765. The van der Waals surface area contributed by atoms with Crippen molar-refractivity contribution in [1.82, 2.24) is 10.6 Å². The zero-order chi connectivity index (χ0) is 16.8. The number of carbonyl (C=O) groups excluding carboxylic acids is 2. The number of carbonyl (C=O) groups is 2. The highest BCUT2D eigenvalue weighted by Crippen LogP contribution is 2.21. The molecule has 1 aromatic carbocycles. The van der Waals surface area contributed by atoms with E-state index in [1.807, 2.05) is 19.9 Å². The van der Waals surface area contributed by atoms with E-state index in [0.717, 1.165) is 4.88 Å². The summed E-state index contributed by atoms with van der Waals surface area (Å²) in [5.41, 5.74) is 1.05. The molecule has 0 saturated carbocycles. The summed E-state index contributed by atoms with van der Waals surface area (Å²) in [6.45, 7) is 4.17. The smallest absolute Gasteiger partial charge is 0.319 e. The zero-order valence-electron chi connectivity index (χ0n) is 12.9. The molecule has 0 spiro atoms. The monoisotopic (exact) mass is 351 g/mol. The van der Waals surface area contributed by atoms with Gasteiger partial charge in [-0.15, -0.1) is 11.3 Å². The molecule has 0 aliphatic rings. The molecule has 2 aromatic rings. The molecule has 0 aliphatic heterocycles. The van der Waals surface area contributed by atoms with Crippen molar-refractivity contribution in [3.05, 3.63) is 51.2 Å². The zero-order valence-corrected chi connectivity index (χ0v) is 14.4. The van der Waals surface area contributed by atoms with Gasteiger partial charge in [-0.3, -0.25) is 4.79 Å². The molecule has 23 heavy (non-hydrogen) atoms. The Morgan fingerprint density at radius 1 is 1.22 bits per heavy atom. The second kappa shape index (κ2) is 7.99. The third kappa shape index (κ3) is 5.58. The lowest BCUT2D eigenvalue weighted by Gasteiger charge is -2.11. The largest absolute Gasteiger partial charge is 0.347 e. The average molecular weight is 352 g/mol. The van der Waals surface area contributed by atoms with E-state index < -0.39 is 0 Å². The summed E-state index contributed by atoms with van der Waals surface area (Å²) < 4.78 is 0.691. The first-order chi connectivity index (χ1) is 10.9. The molecule has 2 rings (SSSR count). The normalized spacial score (nSPS) is 10.4. The van der Waals surface area contributed by atoms with Gasteiger partial charge in [-0.2, -0.15) is 0 Å². The van der Waals surface area contributed by atoms with Crippen molar-refractivity contribution in [2.75, 3.05) is 5.32 Å². The van der Waals surface area contributed by atoms with E-state index in [9.17, 15) is 9.59 Å². The standard InChI is InChI=1S/C16H18ClN3O2S/c1-10(2)19-16(22)20-12-5-3-4-11(8-12)15(21)18-9-13-6-7-14(17)23-13/h3-8,10H,9H2,1-2H3,(H,18,21)(H2,19,20,22). The number of halogens is 1. The van der Waals surface area contributed by atoms with Gasteiger partial charge in [-0.1, -0.05) is 17.7 Å². The molecule has 0 radical (unpaired) electrons. The number of nitrogens with one attached hydrogen (secondary N) is 3. The Bertz CT molecular complexity index is 700. The van der Waals surface area contributed by atoms with Crippen LogP contribution in [0.25, 0.3) is 0 Å². The third-order valence-electron chi connectivity index (χ3n) is 2.85. The average Bonchev–Trinajstić information content (AvgIpc) is 2.89. The number of amides is 3. The molecule has 5 nitrogen and oxygen atoms in total. The van der Waals surface area contributed by atoms with Crippen LogP contribution in [0, 0.1) is 0 Å². The van der Waals surface area contributed by atoms with Crippen LogP contribution >= 0.6 is 22.9 Å². The van der Waals surface area contributed by atoms with Gasteiger partial charge in [-0.05, 0) is 44.2 Å². The molecule has 0 aliphatic carbocycles. The lowest BCUT2D eigenvalue weighted by Crippen LogP contribution is -2.34. The first-order valence-corrected chi connectivity index (χ1v) is 8.33. The van der Waals surface area contributed by atoms with Gasteiger partial charge in [0, 0.05) is 22.2 Å². The topological polar surface area (TPSA) is 70.2 Å². The van der Waals surface area contributed by atoms with Gasteiger partial charge in [-0.25, -0.2) is 4.79 Å². The number of benzene rings is 1. The molecule has 0 fully saturated rings. The molecule has 0 atom stereocenters. The van der Waals surface area contributed by atoms with E-state index >= 15 is 0 Å². The lowest BCUT2D eigenvalue weighted by molar-refractivity contribution is 0.0951. The predicted octanol–water partition coefficient (Wildman–Crippen LogP) is 3.86. The summed E-state index contributed by atoms with van der Waals surface area (Å²) in [6.07, 6.45) is 0. The Hall–Kier alpha value is -2.05. The fourth-order valence-electron chi connectivity index (χ4n) is 1.88. The van der Waals surface area contributed by atoms with E-state index in [2.05, 4.69) is 16.0 Å². The summed E-state index contributed by atoms with van der Waals surface area (Å²) in [5, 5.41) is 8.25. The van der Waals surface area contributed by atoms with E-state index in [1.165, 1.54) is 11.3 Å². The number of thiophene rings is 1. The SMILES string of the molecule is CC(C)NC(=O)Nc1cccc(C(=O)NCc2ccc(Cl)s2)c1. The van der Waals surface area contributed by atoms with Crippen LogP contribution in [0.1, 0.15) is 29.1 Å². The first kappa shape index (κ1) is 17.3. The molecule has 1 heterocycles. The van der Waals surface area contributed by atoms with Crippen molar-refractivity contribution in [2.45, 2.75) is 26.4 Å². The molecule has 0 saturated heterocycles. The Kier molecular flexibility index (Phi) is 6.01. The maximum atomic E-state index is 12.2. The van der Waals surface area contributed by atoms with Gasteiger partial charge in [0.05, 0.1) is 10.9 Å². The van der Waals surface area contributed by atoms with Crippen molar-refractivity contribution in [1.29, 1.82) is 0 Å². The van der Waals surface area contributed by atoms with E-state index in [4.69, 9.17) is 11.6 Å². The molecule has 3 N–H and O–H groups in total. The minimum absolute atomic E-state index is 0.0408. The second-order valence-electron chi connectivity index (χ2n) is 5.22. The van der Waals surface area contributed by atoms with Crippen molar-refractivity contribution in [3.8, 4) is 0 Å². The number of hydrogen-bond acceptors (Lipinski definition) is 3. The van der Waals surface area contributed by atoms with E-state index in [0.29, 0.717) is 22.1 Å². The predicted molar refractivity (Wildman–Crippen MR) is 94.2 cm³/mol. The summed E-state index contributed by atoms with van der Waals surface area (Å²) in [5.74, 6) is -0.206. The van der Waals surface area contributed by atoms with Gasteiger partial charge in [0.25, 0.3) is 5.91 Å². The van der Waals surface area contributed by atoms with Crippen LogP contribution in [0.2, 0.25) is 4.34 Å². The van der Waals surface area contributed by atoms with Gasteiger partial charge in [0.2, 0.25) is 0 Å². The van der Waals surface area contributed by atoms with Crippen molar-refractivity contribution >= 4 is 40.6 Å². The number of rotatable bonds is 5. The first-order valence-electron chi connectivity index (χ1n) is 7.14. The second-order valence-corrected chi connectivity index (χ2v) is 7.02. The summed E-state index contributed by atoms with van der Waals surface area (Å²) >= 11 is 7.29. The van der Waals surface area contributed by atoms with Crippen molar-refractivity contribution in [3.63, 3.8) is 0 Å². The number of urea groups is 1. The molecule has 0 unspecified atom stereocenters. The Balaban J connectivity index is 1.95. The molecular formula is C16H18ClN3O2S. The highest BCUT2D eigenvalue weighted by atomic mass is 35.5. The molecule has 1 aromatic heterocycles. The Morgan fingerprint density at radius 3 is 2.65 bits per heavy atom. The van der Waals surface area contributed by atoms with Crippen molar-refractivity contribution in [2.24, 2.45) is 0 Å². The van der Waals surface area contributed by atoms with Crippen LogP contribution in [-0.2, 0) is 6.54 Å². The molecule has 0 bridgehead atoms. The summed E-state index contributed by atoms with van der Waals surface area (Å²) in [6, 6.07) is 10.2. The van der Waals surface area contributed by atoms with Gasteiger partial charge in [0.15, 0.2) is 0 Å². The maximum Gasteiger partial charge on any atom is 0.319 e. The lowest BCUT2D eigenvalue weighted by atomic mass is 10.2. The number of anilines is 1. The fraction of sp³-hybridized carbons (Fsp3) is 0.250. The molecule has 122 valence electrons. The number of hydrogen-bond donors (Lipinski definition) is 3. The molecule has 7 heteroatoms. The van der Waals surface area contributed by atoms with Crippen LogP contribution in [0.5, 0.6) is 0 Å². The highest BCUT2D eigenvalue weighted by Gasteiger charge is 2.09. The van der Waals surface area contributed by atoms with Crippen LogP contribution < -0.4 is 16.0 Å². The fourth-order valence-corrected chi connectivity index (χ4v) is 2.91. The Labute approximate surface area is 144 Å². The molecule has 3 amide bonds. The van der Waals surface area contributed by atoms with Gasteiger partial charge < -0.3 is 16.0 Å². The van der Waals surface area contributed by atoms with Crippen molar-refractivity contribution < 1.29 is 9.59 Å². The van der Waals surface area contributed by atoms with E-state index in [-0.39, 0.29) is 18.0 Å². The summed E-state index contributed by atoms with van der Waals surface area (Å²) in [7, 11) is 0. The van der Waals surface area contributed by atoms with Gasteiger partial charge >= 0.3 is 6.03 Å². The van der Waals surface area contributed by atoms with Crippen LogP contribution in [0.15, 0.2) is 36.4 Å². The minimum Gasteiger partial charge on any atom is -0.347 e. The highest BCUT2D eigenvalue weighted by molar-refractivity contribution is 7.16. The van der Waals surface area contributed by atoms with Gasteiger partial charge in [0.1, 0.15) is 0 Å². The van der Waals surface area contributed by atoms with Crippen LogP contribution in [0.3, 0.4) is 0 Å². The van der Waals surface area contributed by atoms with Crippen LogP contribution in [0.4, 0.5) is 10.5 Å². The summed E-state index contributed by atoms with van der Waals surface area (Å²) in [4.78, 5) is 24.8.